The molecule has 0 aromatic rings. The van der Waals surface area contributed by atoms with Crippen LogP contribution in [0.4, 0.5) is 0 Å². The van der Waals surface area contributed by atoms with Crippen molar-refractivity contribution >= 4 is 5.78 Å². The van der Waals surface area contributed by atoms with E-state index in [0.29, 0.717) is 11.7 Å². The highest BCUT2D eigenvalue weighted by atomic mass is 16.1. The van der Waals surface area contributed by atoms with Crippen LogP contribution in [-0.2, 0) is 4.79 Å². The van der Waals surface area contributed by atoms with Gasteiger partial charge >= 0.3 is 0 Å². The van der Waals surface area contributed by atoms with Crippen molar-refractivity contribution in [2.45, 2.75) is 64.7 Å². The summed E-state index contributed by atoms with van der Waals surface area (Å²) in [4.78, 5) is 11.9. The summed E-state index contributed by atoms with van der Waals surface area (Å²) in [5, 5.41) is 0. The predicted molar refractivity (Wildman–Crippen MR) is 62.7 cm³/mol. The number of ketones is 1. The number of carbonyl (C=O) groups excluding carboxylic acids is 1. The first-order chi connectivity index (χ1) is 7.27. The van der Waals surface area contributed by atoms with Gasteiger partial charge in [-0.3, -0.25) is 4.79 Å². The van der Waals surface area contributed by atoms with Crippen molar-refractivity contribution in [1.29, 1.82) is 0 Å². The number of hydrogen-bond acceptors (Lipinski definition) is 1. The summed E-state index contributed by atoms with van der Waals surface area (Å²) in [6.07, 6.45) is 11.2. The molecule has 2 aliphatic rings. The lowest BCUT2D eigenvalue weighted by atomic mass is 9.72. The van der Waals surface area contributed by atoms with Crippen LogP contribution < -0.4 is 0 Å². The molecule has 0 N–H and O–H groups in total. The van der Waals surface area contributed by atoms with Crippen molar-refractivity contribution in [3.63, 3.8) is 0 Å². The van der Waals surface area contributed by atoms with E-state index < -0.39 is 0 Å². The van der Waals surface area contributed by atoms with Crippen LogP contribution in [0.3, 0.4) is 0 Å². The van der Waals surface area contributed by atoms with E-state index in [9.17, 15) is 4.79 Å². The Morgan fingerprint density at radius 1 is 1.13 bits per heavy atom. The highest BCUT2D eigenvalue weighted by Gasteiger charge is 2.29. The molecule has 2 aliphatic carbocycles. The van der Waals surface area contributed by atoms with Crippen molar-refractivity contribution < 1.29 is 4.79 Å². The van der Waals surface area contributed by atoms with Crippen LogP contribution in [0.1, 0.15) is 64.7 Å². The molecule has 1 heteroatoms. The SMILES string of the molecule is CC(CC1CCCCCC1=O)C1CCC1. The molecule has 2 saturated carbocycles. The summed E-state index contributed by atoms with van der Waals surface area (Å²) in [6.45, 7) is 2.36. The normalized spacial score (nSPS) is 30.7. The molecule has 2 rings (SSSR count). The van der Waals surface area contributed by atoms with Crippen molar-refractivity contribution in [2.75, 3.05) is 0 Å². The third-order valence-electron chi connectivity index (χ3n) is 4.54. The van der Waals surface area contributed by atoms with Crippen LogP contribution >= 0.6 is 0 Å². The second-order valence-corrected chi connectivity index (χ2v) is 5.67. The maximum atomic E-state index is 11.9. The molecule has 0 aromatic heterocycles. The fraction of sp³-hybridized carbons (Fsp3) is 0.929. The van der Waals surface area contributed by atoms with Crippen LogP contribution in [0, 0.1) is 17.8 Å². The van der Waals surface area contributed by atoms with Crippen LogP contribution in [0.25, 0.3) is 0 Å². The Kier molecular flexibility index (Phi) is 3.82. The Balaban J connectivity index is 1.82. The molecule has 0 spiro atoms. The molecular weight excluding hydrogens is 184 g/mol. The van der Waals surface area contributed by atoms with Gasteiger partial charge < -0.3 is 0 Å². The third kappa shape index (κ3) is 2.83. The van der Waals surface area contributed by atoms with Gasteiger partial charge in [-0.1, -0.05) is 39.0 Å². The molecule has 0 radical (unpaired) electrons. The summed E-state index contributed by atoms with van der Waals surface area (Å²) in [7, 11) is 0. The molecule has 0 bridgehead atoms. The zero-order valence-corrected chi connectivity index (χ0v) is 10.0. The smallest absolute Gasteiger partial charge is 0.135 e. The van der Waals surface area contributed by atoms with Gasteiger partial charge in [-0.05, 0) is 31.1 Å². The first-order valence-corrected chi connectivity index (χ1v) is 6.80. The minimum absolute atomic E-state index is 0.420. The molecular formula is C14H24O. The average Bonchev–Trinajstić information content (AvgIpc) is 2.29. The zero-order valence-electron chi connectivity index (χ0n) is 10.0. The highest BCUT2D eigenvalue weighted by Crippen LogP contribution is 2.38. The third-order valence-corrected chi connectivity index (χ3v) is 4.54. The Bertz CT molecular complexity index is 217. The topological polar surface area (TPSA) is 17.1 Å². The molecule has 0 amide bonds. The van der Waals surface area contributed by atoms with E-state index in [1.807, 2.05) is 0 Å². The summed E-state index contributed by atoms with van der Waals surface area (Å²) in [6, 6.07) is 0. The Morgan fingerprint density at radius 3 is 2.60 bits per heavy atom. The zero-order chi connectivity index (χ0) is 10.7. The Hall–Kier alpha value is -0.330. The number of hydrogen-bond donors (Lipinski definition) is 0. The molecule has 86 valence electrons. The van der Waals surface area contributed by atoms with Gasteiger partial charge in [0, 0.05) is 12.3 Å². The standard InChI is InChI=1S/C14H24O/c1-11(12-7-5-8-12)10-13-6-3-2-4-9-14(13)15/h11-13H,2-10H2,1H3. The number of rotatable bonds is 3. The maximum absolute atomic E-state index is 11.9. The van der Waals surface area contributed by atoms with Crippen LogP contribution in [0.5, 0.6) is 0 Å². The average molecular weight is 208 g/mol. The first-order valence-electron chi connectivity index (χ1n) is 6.80. The van der Waals surface area contributed by atoms with Crippen molar-refractivity contribution in [3.8, 4) is 0 Å². The van der Waals surface area contributed by atoms with Gasteiger partial charge in [-0.25, -0.2) is 0 Å². The lowest BCUT2D eigenvalue weighted by Crippen LogP contribution is -2.24. The largest absolute Gasteiger partial charge is 0.299 e. The summed E-state index contributed by atoms with van der Waals surface area (Å²) >= 11 is 0. The lowest BCUT2D eigenvalue weighted by molar-refractivity contribution is -0.123. The number of Topliss-reactive ketones (excluding diaryl/α,β-unsaturated/α-hetero) is 1. The minimum atomic E-state index is 0.420. The van der Waals surface area contributed by atoms with Gasteiger partial charge in [0.2, 0.25) is 0 Å². The van der Waals surface area contributed by atoms with Crippen molar-refractivity contribution in [3.05, 3.63) is 0 Å². The molecule has 2 atom stereocenters. The fourth-order valence-electron chi connectivity index (χ4n) is 3.13. The second-order valence-electron chi connectivity index (χ2n) is 5.67. The van der Waals surface area contributed by atoms with E-state index in [1.54, 1.807) is 0 Å². The summed E-state index contributed by atoms with van der Waals surface area (Å²) < 4.78 is 0. The molecule has 15 heavy (non-hydrogen) atoms. The molecule has 1 nitrogen and oxygen atoms in total. The highest BCUT2D eigenvalue weighted by molar-refractivity contribution is 5.81. The summed E-state index contributed by atoms with van der Waals surface area (Å²) in [5.41, 5.74) is 0. The molecule has 0 heterocycles. The monoisotopic (exact) mass is 208 g/mol. The Labute approximate surface area is 93.6 Å². The van der Waals surface area contributed by atoms with Crippen molar-refractivity contribution in [2.24, 2.45) is 17.8 Å². The van der Waals surface area contributed by atoms with Gasteiger partial charge in [0.25, 0.3) is 0 Å². The molecule has 0 aromatic carbocycles. The summed E-state index contributed by atoms with van der Waals surface area (Å²) in [5.74, 6) is 2.73. The van der Waals surface area contributed by atoms with Crippen molar-refractivity contribution in [1.82, 2.24) is 0 Å². The van der Waals surface area contributed by atoms with E-state index in [0.717, 1.165) is 24.7 Å². The predicted octanol–water partition coefficient (Wildman–Crippen LogP) is 3.96. The Morgan fingerprint density at radius 2 is 1.93 bits per heavy atom. The molecule has 2 fully saturated rings. The van der Waals surface area contributed by atoms with Crippen LogP contribution in [-0.4, -0.2) is 5.78 Å². The van der Waals surface area contributed by atoms with Gasteiger partial charge in [0.1, 0.15) is 5.78 Å². The first kappa shape index (κ1) is 11.2. The van der Waals surface area contributed by atoms with E-state index in [2.05, 4.69) is 6.92 Å². The van der Waals surface area contributed by atoms with E-state index in [4.69, 9.17) is 0 Å². The second kappa shape index (κ2) is 5.14. The lowest BCUT2D eigenvalue weighted by Gasteiger charge is -2.33. The van der Waals surface area contributed by atoms with Gasteiger partial charge in [0.05, 0.1) is 0 Å². The quantitative estimate of drug-likeness (QED) is 0.641. The van der Waals surface area contributed by atoms with E-state index >= 15 is 0 Å². The van der Waals surface area contributed by atoms with Gasteiger partial charge in [-0.15, -0.1) is 0 Å². The van der Waals surface area contributed by atoms with E-state index in [1.165, 1.54) is 44.9 Å². The fourth-order valence-corrected chi connectivity index (χ4v) is 3.13. The van der Waals surface area contributed by atoms with E-state index in [-0.39, 0.29) is 0 Å². The molecule has 0 aliphatic heterocycles. The molecule has 0 saturated heterocycles. The van der Waals surface area contributed by atoms with Crippen LogP contribution in [0.15, 0.2) is 0 Å². The number of carbonyl (C=O) groups is 1. The minimum Gasteiger partial charge on any atom is -0.299 e. The molecule has 2 unspecified atom stereocenters. The van der Waals surface area contributed by atoms with Crippen LogP contribution in [0.2, 0.25) is 0 Å². The van der Waals surface area contributed by atoms with Gasteiger partial charge in [0.15, 0.2) is 0 Å². The maximum Gasteiger partial charge on any atom is 0.135 e. The van der Waals surface area contributed by atoms with Gasteiger partial charge in [-0.2, -0.15) is 0 Å².